The summed E-state index contributed by atoms with van der Waals surface area (Å²) in [6.07, 6.45) is 3.32. The van der Waals surface area contributed by atoms with Crippen LogP contribution in [0.4, 0.5) is 10.1 Å². The van der Waals surface area contributed by atoms with Crippen molar-refractivity contribution < 1.29 is 13.9 Å². The van der Waals surface area contributed by atoms with Gasteiger partial charge >= 0.3 is 0 Å². The predicted molar refractivity (Wildman–Crippen MR) is 92.5 cm³/mol. The van der Waals surface area contributed by atoms with Crippen LogP contribution < -0.4 is 10.2 Å². The van der Waals surface area contributed by atoms with Crippen molar-refractivity contribution in [2.24, 2.45) is 5.92 Å². The van der Waals surface area contributed by atoms with E-state index >= 15 is 0 Å². The molecule has 2 aliphatic rings. The normalized spacial score (nSPS) is 22.9. The van der Waals surface area contributed by atoms with Gasteiger partial charge in [0.2, 0.25) is 5.91 Å². The number of nitrogens with one attached hydrogen (secondary N) is 1. The molecule has 2 aliphatic heterocycles. The summed E-state index contributed by atoms with van der Waals surface area (Å²) in [6.45, 7) is 6.56. The van der Waals surface area contributed by atoms with Crippen LogP contribution in [-0.4, -0.2) is 37.2 Å². The minimum absolute atomic E-state index is 0.0276. The summed E-state index contributed by atoms with van der Waals surface area (Å²) in [6, 6.07) is 6.25. The van der Waals surface area contributed by atoms with Crippen molar-refractivity contribution in [2.75, 3.05) is 24.6 Å². The average molecular weight is 334 g/mol. The molecule has 1 atom stereocenters. The fourth-order valence-electron chi connectivity index (χ4n) is 3.82. The van der Waals surface area contributed by atoms with Crippen LogP contribution in [0.25, 0.3) is 0 Å². The molecule has 2 saturated heterocycles. The maximum atomic E-state index is 13.3. The Kier molecular flexibility index (Phi) is 5.21. The van der Waals surface area contributed by atoms with Crippen molar-refractivity contribution in [3.63, 3.8) is 0 Å². The lowest BCUT2D eigenvalue weighted by atomic mass is 9.87. The molecule has 2 fully saturated rings. The van der Waals surface area contributed by atoms with E-state index in [4.69, 9.17) is 4.74 Å². The Morgan fingerprint density at radius 2 is 2.00 bits per heavy atom. The van der Waals surface area contributed by atoms with Crippen molar-refractivity contribution in [1.29, 1.82) is 0 Å². The first-order chi connectivity index (χ1) is 11.5. The second-order valence-electron chi connectivity index (χ2n) is 7.44. The molecule has 2 heterocycles. The Hall–Kier alpha value is -1.46. The number of carbonyl (C=O) groups excluding carboxylic acids is 1. The van der Waals surface area contributed by atoms with Gasteiger partial charge in [-0.05, 0) is 62.5 Å². The molecule has 1 N–H and O–H groups in total. The minimum Gasteiger partial charge on any atom is -0.373 e. The molecule has 0 bridgehead atoms. The average Bonchev–Trinajstić information content (AvgIpc) is 2.92. The summed E-state index contributed by atoms with van der Waals surface area (Å²) in [5, 5.41) is 3.36. The Balaban J connectivity index is 1.82. The van der Waals surface area contributed by atoms with E-state index in [-0.39, 0.29) is 29.3 Å². The van der Waals surface area contributed by atoms with E-state index in [0.29, 0.717) is 13.0 Å². The third-order valence-corrected chi connectivity index (χ3v) is 5.03. The number of carbonyl (C=O) groups is 1. The van der Waals surface area contributed by atoms with E-state index in [0.717, 1.165) is 38.0 Å². The Labute approximate surface area is 143 Å². The summed E-state index contributed by atoms with van der Waals surface area (Å²) in [7, 11) is 0. The van der Waals surface area contributed by atoms with Crippen LogP contribution >= 0.6 is 0 Å². The van der Waals surface area contributed by atoms with E-state index in [1.54, 1.807) is 12.1 Å². The van der Waals surface area contributed by atoms with Gasteiger partial charge in [-0.1, -0.05) is 13.8 Å². The number of piperidine rings is 1. The van der Waals surface area contributed by atoms with Gasteiger partial charge in [-0.15, -0.1) is 0 Å². The van der Waals surface area contributed by atoms with Gasteiger partial charge in [0.05, 0.1) is 18.2 Å². The first-order valence-electron chi connectivity index (χ1n) is 8.91. The Morgan fingerprint density at radius 1 is 1.33 bits per heavy atom. The van der Waals surface area contributed by atoms with Crippen LogP contribution in [0.1, 0.15) is 39.5 Å². The summed E-state index contributed by atoms with van der Waals surface area (Å²) in [4.78, 5) is 14.7. The van der Waals surface area contributed by atoms with Crippen LogP contribution in [0.2, 0.25) is 0 Å². The summed E-state index contributed by atoms with van der Waals surface area (Å²) < 4.78 is 19.5. The molecule has 0 unspecified atom stereocenters. The zero-order valence-corrected chi connectivity index (χ0v) is 14.6. The van der Waals surface area contributed by atoms with Gasteiger partial charge in [0.15, 0.2) is 0 Å². The van der Waals surface area contributed by atoms with Crippen LogP contribution in [0.3, 0.4) is 0 Å². The lowest BCUT2D eigenvalue weighted by molar-refractivity contribution is -0.119. The standard InChI is InChI=1S/C19H27FN2O2/c1-14(2)11-18(23)22(16-5-3-15(20)4-6-16)17-12-19(24-13-17)7-9-21-10-8-19/h3-6,14,17,21H,7-13H2,1-2H3/t17-/m1/s1. The topological polar surface area (TPSA) is 41.6 Å². The summed E-state index contributed by atoms with van der Waals surface area (Å²) >= 11 is 0. The zero-order chi connectivity index (χ0) is 17.2. The van der Waals surface area contributed by atoms with Crippen LogP contribution in [0.15, 0.2) is 24.3 Å². The molecule has 24 heavy (non-hydrogen) atoms. The second kappa shape index (κ2) is 7.19. The van der Waals surface area contributed by atoms with Gasteiger partial charge in [-0.25, -0.2) is 4.39 Å². The van der Waals surface area contributed by atoms with Crippen molar-refractivity contribution in [1.82, 2.24) is 5.32 Å². The van der Waals surface area contributed by atoms with Crippen LogP contribution in [0.5, 0.6) is 0 Å². The fraction of sp³-hybridized carbons (Fsp3) is 0.632. The van der Waals surface area contributed by atoms with E-state index in [2.05, 4.69) is 5.32 Å². The summed E-state index contributed by atoms with van der Waals surface area (Å²) in [5.41, 5.74) is 0.661. The lowest BCUT2D eigenvalue weighted by Crippen LogP contribution is -2.44. The van der Waals surface area contributed by atoms with Gasteiger partial charge < -0.3 is 15.0 Å². The number of rotatable bonds is 4. The Morgan fingerprint density at radius 3 is 2.62 bits per heavy atom. The molecule has 1 spiro atoms. The number of benzene rings is 1. The minimum atomic E-state index is -0.285. The molecular weight excluding hydrogens is 307 g/mol. The number of hydrogen-bond donors (Lipinski definition) is 1. The zero-order valence-electron chi connectivity index (χ0n) is 14.6. The maximum Gasteiger partial charge on any atom is 0.227 e. The molecule has 0 aliphatic carbocycles. The lowest BCUT2D eigenvalue weighted by Gasteiger charge is -2.34. The van der Waals surface area contributed by atoms with Crippen LogP contribution in [0, 0.1) is 11.7 Å². The number of hydrogen-bond acceptors (Lipinski definition) is 3. The van der Waals surface area contributed by atoms with Crippen molar-refractivity contribution in [3.05, 3.63) is 30.1 Å². The first-order valence-corrected chi connectivity index (χ1v) is 8.91. The number of amides is 1. The number of nitrogens with zero attached hydrogens (tertiary/aromatic N) is 1. The SMILES string of the molecule is CC(C)CC(=O)N(c1ccc(F)cc1)[C@H]1COC2(CCNCC2)C1. The number of ether oxygens (including phenoxy) is 1. The molecule has 1 aromatic rings. The molecule has 0 saturated carbocycles. The maximum absolute atomic E-state index is 13.3. The van der Waals surface area contributed by atoms with Gasteiger partial charge in [0.1, 0.15) is 5.82 Å². The molecule has 0 aromatic heterocycles. The number of halogens is 1. The van der Waals surface area contributed by atoms with Crippen molar-refractivity contribution >= 4 is 11.6 Å². The smallest absolute Gasteiger partial charge is 0.227 e. The monoisotopic (exact) mass is 334 g/mol. The fourth-order valence-corrected chi connectivity index (χ4v) is 3.82. The van der Waals surface area contributed by atoms with Crippen molar-refractivity contribution in [2.45, 2.75) is 51.2 Å². The highest BCUT2D eigenvalue weighted by Crippen LogP contribution is 2.37. The second-order valence-corrected chi connectivity index (χ2v) is 7.44. The molecule has 4 nitrogen and oxygen atoms in total. The highest BCUT2D eigenvalue weighted by atomic mass is 19.1. The van der Waals surface area contributed by atoms with Crippen molar-refractivity contribution in [3.8, 4) is 0 Å². The van der Waals surface area contributed by atoms with Gasteiger partial charge in [0.25, 0.3) is 0 Å². The third kappa shape index (κ3) is 3.78. The molecule has 3 rings (SSSR count). The van der Waals surface area contributed by atoms with Gasteiger partial charge in [-0.2, -0.15) is 0 Å². The molecule has 1 aromatic carbocycles. The molecule has 5 heteroatoms. The van der Waals surface area contributed by atoms with Gasteiger partial charge in [0, 0.05) is 12.1 Å². The predicted octanol–water partition coefficient (Wildman–Crippen LogP) is 3.12. The molecule has 132 valence electrons. The molecule has 1 amide bonds. The van der Waals surface area contributed by atoms with E-state index in [9.17, 15) is 9.18 Å². The first kappa shape index (κ1) is 17.4. The highest BCUT2D eigenvalue weighted by molar-refractivity contribution is 5.94. The summed E-state index contributed by atoms with van der Waals surface area (Å²) in [5.74, 6) is 0.0966. The van der Waals surface area contributed by atoms with E-state index in [1.165, 1.54) is 12.1 Å². The quantitative estimate of drug-likeness (QED) is 0.920. The van der Waals surface area contributed by atoms with Crippen LogP contribution in [-0.2, 0) is 9.53 Å². The van der Waals surface area contributed by atoms with E-state index < -0.39 is 0 Å². The Bertz CT molecular complexity index is 567. The third-order valence-electron chi connectivity index (χ3n) is 5.03. The molecule has 0 radical (unpaired) electrons. The van der Waals surface area contributed by atoms with Gasteiger partial charge in [-0.3, -0.25) is 4.79 Å². The van der Waals surface area contributed by atoms with E-state index in [1.807, 2.05) is 18.7 Å². The highest BCUT2D eigenvalue weighted by Gasteiger charge is 2.44. The molecular formula is C19H27FN2O2. The number of anilines is 1. The largest absolute Gasteiger partial charge is 0.373 e.